The summed E-state index contributed by atoms with van der Waals surface area (Å²) in [4.78, 5) is 0.110. The quantitative estimate of drug-likeness (QED) is 0.922. The van der Waals surface area contributed by atoms with Gasteiger partial charge in [-0.2, -0.15) is 5.26 Å². The Morgan fingerprint density at radius 2 is 1.74 bits per heavy atom. The minimum atomic E-state index is -3.75. The van der Waals surface area contributed by atoms with Crippen LogP contribution in [-0.2, 0) is 9.84 Å². The number of hydrogen-bond donors (Lipinski definition) is 1. The number of nitrogens with zero attached hydrogens (tertiary/aromatic N) is 1. The van der Waals surface area contributed by atoms with E-state index in [1.165, 1.54) is 24.3 Å². The van der Waals surface area contributed by atoms with E-state index in [2.05, 4.69) is 0 Å². The summed E-state index contributed by atoms with van der Waals surface area (Å²) in [5.74, 6) is -0.542. The van der Waals surface area contributed by atoms with Crippen molar-refractivity contribution in [3.8, 4) is 6.07 Å². The Morgan fingerprint density at radius 3 is 2.26 bits per heavy atom. The highest BCUT2D eigenvalue weighted by Crippen LogP contribution is 2.63. The molecule has 1 aliphatic carbocycles. The van der Waals surface area contributed by atoms with Crippen LogP contribution in [0, 0.1) is 16.7 Å². The lowest BCUT2D eigenvalue weighted by molar-refractivity contribution is 0.242. The molecule has 0 heterocycles. The predicted molar refractivity (Wildman–Crippen MR) is 86.7 cm³/mol. The zero-order valence-corrected chi connectivity index (χ0v) is 13.6. The Labute approximate surface area is 139 Å². The van der Waals surface area contributed by atoms with E-state index < -0.39 is 33.0 Å². The maximum Gasteiger partial charge on any atom is 0.183 e. The molecule has 3 atom stereocenters. The van der Waals surface area contributed by atoms with Crippen LogP contribution in [0.2, 0.25) is 5.02 Å². The average Bonchev–Trinajstić information content (AvgIpc) is 3.27. The Morgan fingerprint density at radius 1 is 1.13 bits per heavy atom. The Kier molecular flexibility index (Phi) is 3.93. The maximum absolute atomic E-state index is 12.9. The third-order valence-electron chi connectivity index (χ3n) is 4.36. The molecule has 6 heteroatoms. The van der Waals surface area contributed by atoms with E-state index >= 15 is 0 Å². The summed E-state index contributed by atoms with van der Waals surface area (Å²) in [5, 5.41) is 18.7. The van der Waals surface area contributed by atoms with Gasteiger partial charge >= 0.3 is 0 Å². The van der Waals surface area contributed by atoms with Crippen molar-refractivity contribution in [2.24, 2.45) is 5.41 Å². The zero-order chi connectivity index (χ0) is 16.7. The fourth-order valence-corrected chi connectivity index (χ4v) is 5.56. The molecule has 0 radical (unpaired) electrons. The number of benzene rings is 2. The first-order chi connectivity index (χ1) is 11.0. The summed E-state index contributed by atoms with van der Waals surface area (Å²) < 4.78 is 25.8. The number of rotatable bonds is 4. The summed E-state index contributed by atoms with van der Waals surface area (Å²) in [6.45, 7) is -0.499. The highest BCUT2D eigenvalue weighted by atomic mass is 35.5. The summed E-state index contributed by atoms with van der Waals surface area (Å²) >= 11 is 5.80. The van der Waals surface area contributed by atoms with Crippen LogP contribution in [0.15, 0.2) is 59.5 Å². The van der Waals surface area contributed by atoms with Crippen molar-refractivity contribution >= 4 is 21.4 Å². The molecule has 0 aliphatic heterocycles. The van der Waals surface area contributed by atoms with E-state index in [-0.39, 0.29) is 4.90 Å². The summed E-state index contributed by atoms with van der Waals surface area (Å²) in [5.41, 5.74) is -0.564. The van der Waals surface area contributed by atoms with Gasteiger partial charge in [0.15, 0.2) is 9.84 Å². The number of aliphatic hydroxyl groups excluding tert-OH is 1. The topological polar surface area (TPSA) is 78.2 Å². The number of sulfone groups is 1. The first-order valence-electron chi connectivity index (χ1n) is 7.04. The van der Waals surface area contributed by atoms with Gasteiger partial charge in [0.05, 0.1) is 22.8 Å². The highest BCUT2D eigenvalue weighted by Gasteiger charge is 2.72. The fraction of sp³-hybridized carbons (Fsp3) is 0.235. The molecule has 0 bridgehead atoms. The average molecular weight is 348 g/mol. The molecule has 23 heavy (non-hydrogen) atoms. The van der Waals surface area contributed by atoms with Crippen LogP contribution in [0.3, 0.4) is 0 Å². The molecule has 1 fully saturated rings. The van der Waals surface area contributed by atoms with Crippen LogP contribution in [0.25, 0.3) is 0 Å². The van der Waals surface area contributed by atoms with Crippen molar-refractivity contribution in [1.29, 1.82) is 5.26 Å². The molecule has 1 aliphatic rings. The van der Waals surface area contributed by atoms with Gasteiger partial charge in [0.1, 0.15) is 5.41 Å². The van der Waals surface area contributed by atoms with Crippen LogP contribution >= 0.6 is 11.6 Å². The second-order valence-electron chi connectivity index (χ2n) is 5.62. The highest BCUT2D eigenvalue weighted by molar-refractivity contribution is 7.92. The maximum atomic E-state index is 12.9. The van der Waals surface area contributed by atoms with Gasteiger partial charge in [-0.3, -0.25) is 0 Å². The molecular weight excluding hydrogens is 334 g/mol. The molecule has 3 rings (SSSR count). The Bertz CT molecular complexity index is 859. The van der Waals surface area contributed by atoms with Crippen molar-refractivity contribution in [3.63, 3.8) is 0 Å². The normalized spacial score (nSPS) is 26.5. The first kappa shape index (κ1) is 16.0. The molecule has 4 nitrogen and oxygen atoms in total. The van der Waals surface area contributed by atoms with E-state index in [0.29, 0.717) is 5.02 Å². The lowest BCUT2D eigenvalue weighted by Crippen LogP contribution is -2.18. The van der Waals surface area contributed by atoms with Gasteiger partial charge < -0.3 is 5.11 Å². The summed E-state index contributed by atoms with van der Waals surface area (Å²) in [6, 6.07) is 16.9. The second kappa shape index (κ2) is 5.64. The van der Waals surface area contributed by atoms with Crippen LogP contribution < -0.4 is 0 Å². The zero-order valence-electron chi connectivity index (χ0n) is 12.1. The third-order valence-corrected chi connectivity index (χ3v) is 6.90. The van der Waals surface area contributed by atoms with Crippen LogP contribution in [0.5, 0.6) is 0 Å². The third kappa shape index (κ3) is 2.43. The second-order valence-corrected chi connectivity index (χ2v) is 8.12. The standard InChI is InChI=1S/C17H14ClNO3S/c18-13-6-8-14(9-7-13)23(21,22)16-15(17(16,10-19)11-20)12-4-2-1-3-5-12/h1-9,15-16,20H,11H2. The smallest absolute Gasteiger partial charge is 0.183 e. The van der Waals surface area contributed by atoms with Crippen molar-refractivity contribution < 1.29 is 13.5 Å². The minimum absolute atomic E-state index is 0.110. The SMILES string of the molecule is N#CC1(CO)C(c2ccccc2)C1S(=O)(=O)c1ccc(Cl)cc1. The molecule has 118 valence electrons. The molecule has 3 unspecified atom stereocenters. The monoisotopic (exact) mass is 347 g/mol. The number of nitriles is 1. The molecule has 0 aromatic heterocycles. The van der Waals surface area contributed by atoms with E-state index in [1.54, 1.807) is 24.3 Å². The van der Waals surface area contributed by atoms with Gasteiger partial charge in [-0.25, -0.2) is 8.42 Å². The number of halogens is 1. The van der Waals surface area contributed by atoms with Crippen LogP contribution in [-0.4, -0.2) is 25.4 Å². The molecule has 1 saturated carbocycles. The molecule has 0 spiro atoms. The molecule has 0 amide bonds. The van der Waals surface area contributed by atoms with Gasteiger partial charge in [-0.15, -0.1) is 0 Å². The Balaban J connectivity index is 2.07. The number of hydrogen-bond acceptors (Lipinski definition) is 4. The summed E-state index contributed by atoms with van der Waals surface area (Å²) in [6.07, 6.45) is 0. The largest absolute Gasteiger partial charge is 0.395 e. The van der Waals surface area contributed by atoms with Crippen LogP contribution in [0.4, 0.5) is 0 Å². The fourth-order valence-electron chi connectivity index (χ4n) is 3.12. The molecule has 1 N–H and O–H groups in total. The van der Waals surface area contributed by atoms with Crippen molar-refractivity contribution in [1.82, 2.24) is 0 Å². The number of aliphatic hydroxyl groups is 1. The molecule has 2 aromatic carbocycles. The summed E-state index contributed by atoms with van der Waals surface area (Å²) in [7, 11) is -3.75. The molecule has 0 saturated heterocycles. The van der Waals surface area contributed by atoms with E-state index in [4.69, 9.17) is 11.6 Å². The van der Waals surface area contributed by atoms with E-state index in [9.17, 15) is 18.8 Å². The lowest BCUT2D eigenvalue weighted by atomic mass is 10.0. The first-order valence-corrected chi connectivity index (χ1v) is 8.96. The predicted octanol–water partition coefficient (Wildman–Crippen LogP) is 2.78. The van der Waals surface area contributed by atoms with Gasteiger partial charge in [0.25, 0.3) is 0 Å². The van der Waals surface area contributed by atoms with Crippen molar-refractivity contribution in [2.45, 2.75) is 16.1 Å². The van der Waals surface area contributed by atoms with Crippen molar-refractivity contribution in [3.05, 3.63) is 65.2 Å². The van der Waals surface area contributed by atoms with E-state index in [0.717, 1.165) is 5.56 Å². The van der Waals surface area contributed by atoms with Crippen LogP contribution in [0.1, 0.15) is 11.5 Å². The van der Waals surface area contributed by atoms with Gasteiger partial charge in [-0.05, 0) is 29.8 Å². The lowest BCUT2D eigenvalue weighted by Gasteiger charge is -2.06. The Hall–Kier alpha value is -1.87. The van der Waals surface area contributed by atoms with Gasteiger partial charge in [-0.1, -0.05) is 41.9 Å². The molecular formula is C17H14ClNO3S. The minimum Gasteiger partial charge on any atom is -0.395 e. The van der Waals surface area contributed by atoms with E-state index in [1.807, 2.05) is 12.1 Å². The van der Waals surface area contributed by atoms with Gasteiger partial charge in [0.2, 0.25) is 0 Å². The molecule has 2 aromatic rings. The van der Waals surface area contributed by atoms with Crippen molar-refractivity contribution in [2.75, 3.05) is 6.61 Å². The van der Waals surface area contributed by atoms with Gasteiger partial charge in [0, 0.05) is 10.9 Å².